The summed E-state index contributed by atoms with van der Waals surface area (Å²) >= 11 is 0. The summed E-state index contributed by atoms with van der Waals surface area (Å²) in [4.78, 5) is 20.6. The van der Waals surface area contributed by atoms with E-state index in [1.807, 2.05) is 0 Å². The minimum absolute atomic E-state index is 0.0417. The molecule has 0 aliphatic carbocycles. The summed E-state index contributed by atoms with van der Waals surface area (Å²) in [5.41, 5.74) is 15.3. The summed E-state index contributed by atoms with van der Waals surface area (Å²) < 4.78 is 0. The van der Waals surface area contributed by atoms with Crippen molar-refractivity contribution in [2.24, 2.45) is 0 Å². The third-order valence-electron chi connectivity index (χ3n) is 1.87. The van der Waals surface area contributed by atoms with Gasteiger partial charge in [0.15, 0.2) is 6.29 Å². The molecule has 9 nitrogen and oxygen atoms in total. The fourth-order valence-electron chi connectivity index (χ4n) is 1.09. The lowest BCUT2D eigenvalue weighted by Gasteiger charge is -1.97. The number of benzene rings is 1. The van der Waals surface area contributed by atoms with Crippen molar-refractivity contribution in [3.63, 3.8) is 0 Å². The molecule has 0 aliphatic heterocycles. The number of aldehydes is 1. The standard InChI is InChI=1S/C7H6O3.C3H6N6/c8-4-5-6(9)2-1-3-7(5)10;4-1-7-2(5)9-3(6)8-1/h1-4,9-10H;(H6,4,5,6,7,8,9). The predicted molar refractivity (Wildman–Crippen MR) is 68.2 cm³/mol. The SMILES string of the molecule is Nc1nc(N)nc(N)n1.O=Cc1c(O)cccc1O. The van der Waals surface area contributed by atoms with E-state index < -0.39 is 0 Å². The molecule has 0 bridgehead atoms. The molecule has 8 N–H and O–H groups in total. The highest BCUT2D eigenvalue weighted by Crippen LogP contribution is 2.23. The zero-order valence-electron chi connectivity index (χ0n) is 9.69. The molecular formula is C10H12N6O3. The van der Waals surface area contributed by atoms with Crippen LogP contribution in [0.15, 0.2) is 18.2 Å². The number of carbonyl (C=O) groups excluding carboxylic acids is 1. The number of aromatic hydroxyl groups is 2. The number of aromatic nitrogens is 3. The van der Waals surface area contributed by atoms with Crippen molar-refractivity contribution in [2.75, 3.05) is 17.2 Å². The number of rotatable bonds is 1. The Balaban J connectivity index is 0.000000191. The van der Waals surface area contributed by atoms with E-state index in [1.165, 1.54) is 18.2 Å². The van der Waals surface area contributed by atoms with E-state index in [2.05, 4.69) is 15.0 Å². The number of anilines is 3. The van der Waals surface area contributed by atoms with E-state index in [9.17, 15) is 4.79 Å². The van der Waals surface area contributed by atoms with Gasteiger partial charge < -0.3 is 27.4 Å². The summed E-state index contributed by atoms with van der Waals surface area (Å²) in [6.07, 6.45) is 0.407. The predicted octanol–water partition coefficient (Wildman–Crippen LogP) is -0.471. The molecule has 0 radical (unpaired) electrons. The van der Waals surface area contributed by atoms with E-state index in [4.69, 9.17) is 27.4 Å². The minimum Gasteiger partial charge on any atom is -0.507 e. The highest BCUT2D eigenvalue weighted by atomic mass is 16.3. The van der Waals surface area contributed by atoms with E-state index in [-0.39, 0.29) is 34.9 Å². The number of nitrogens with two attached hydrogens (primary N) is 3. The molecule has 100 valence electrons. The van der Waals surface area contributed by atoms with E-state index in [1.54, 1.807) is 0 Å². The van der Waals surface area contributed by atoms with Crippen molar-refractivity contribution >= 4 is 24.1 Å². The lowest BCUT2D eigenvalue weighted by molar-refractivity contribution is 0.111. The van der Waals surface area contributed by atoms with Gasteiger partial charge in [-0.1, -0.05) is 6.07 Å². The topological polar surface area (TPSA) is 174 Å². The molecule has 0 unspecified atom stereocenters. The number of hydrogen-bond acceptors (Lipinski definition) is 9. The maximum Gasteiger partial charge on any atom is 0.226 e. The average Bonchev–Trinajstić information content (AvgIpc) is 2.28. The van der Waals surface area contributed by atoms with Crippen LogP contribution in [0.3, 0.4) is 0 Å². The first-order valence-corrected chi connectivity index (χ1v) is 4.92. The molecule has 0 saturated carbocycles. The van der Waals surface area contributed by atoms with Crippen LogP contribution in [0.2, 0.25) is 0 Å². The smallest absolute Gasteiger partial charge is 0.226 e. The van der Waals surface area contributed by atoms with Gasteiger partial charge >= 0.3 is 0 Å². The van der Waals surface area contributed by atoms with Crippen LogP contribution in [0.4, 0.5) is 17.8 Å². The van der Waals surface area contributed by atoms with E-state index >= 15 is 0 Å². The van der Waals surface area contributed by atoms with Crippen molar-refractivity contribution in [3.8, 4) is 11.5 Å². The quantitative estimate of drug-likeness (QED) is 0.426. The highest BCUT2D eigenvalue weighted by Gasteiger charge is 2.02. The normalized spacial score (nSPS) is 9.26. The second-order valence-corrected chi connectivity index (χ2v) is 3.24. The van der Waals surface area contributed by atoms with Gasteiger partial charge in [-0.25, -0.2) is 0 Å². The van der Waals surface area contributed by atoms with Gasteiger partial charge in [-0.05, 0) is 12.1 Å². The van der Waals surface area contributed by atoms with Crippen LogP contribution < -0.4 is 17.2 Å². The summed E-state index contributed by atoms with van der Waals surface area (Å²) in [6.45, 7) is 0. The number of phenols is 2. The fourth-order valence-corrected chi connectivity index (χ4v) is 1.09. The Kier molecular flexibility index (Phi) is 4.41. The maximum absolute atomic E-state index is 10.1. The van der Waals surface area contributed by atoms with Crippen LogP contribution in [0.1, 0.15) is 10.4 Å². The first kappa shape index (κ1) is 14.0. The van der Waals surface area contributed by atoms with Crippen LogP contribution in [0.25, 0.3) is 0 Å². The highest BCUT2D eigenvalue weighted by molar-refractivity contribution is 5.83. The average molecular weight is 264 g/mol. The maximum atomic E-state index is 10.1. The molecule has 1 heterocycles. The number of phenolic OH excluding ortho intramolecular Hbond substituents is 2. The first-order chi connectivity index (χ1) is 8.93. The van der Waals surface area contributed by atoms with Gasteiger partial charge in [0.05, 0.1) is 5.56 Å². The summed E-state index contributed by atoms with van der Waals surface area (Å²) in [6, 6.07) is 4.13. The van der Waals surface area contributed by atoms with Crippen LogP contribution in [0.5, 0.6) is 11.5 Å². The van der Waals surface area contributed by atoms with Crippen LogP contribution in [0, 0.1) is 0 Å². The second kappa shape index (κ2) is 6.00. The van der Waals surface area contributed by atoms with E-state index in [0.29, 0.717) is 6.29 Å². The van der Waals surface area contributed by atoms with Gasteiger partial charge in [0.1, 0.15) is 11.5 Å². The lowest BCUT2D eigenvalue weighted by atomic mass is 10.2. The number of nitrogens with zero attached hydrogens (tertiary/aromatic N) is 3. The summed E-state index contributed by atoms with van der Waals surface area (Å²) in [7, 11) is 0. The van der Waals surface area contributed by atoms with Crippen molar-refractivity contribution in [2.45, 2.75) is 0 Å². The van der Waals surface area contributed by atoms with Crippen LogP contribution in [-0.4, -0.2) is 31.5 Å². The number of carbonyl (C=O) groups is 1. The molecule has 2 aromatic rings. The van der Waals surface area contributed by atoms with Gasteiger partial charge in [0.2, 0.25) is 17.8 Å². The third-order valence-corrected chi connectivity index (χ3v) is 1.87. The Labute approximate surface area is 107 Å². The number of hydrogen-bond donors (Lipinski definition) is 5. The summed E-state index contributed by atoms with van der Waals surface area (Å²) in [5.74, 6) is -0.273. The molecule has 19 heavy (non-hydrogen) atoms. The Morgan fingerprint density at radius 2 is 1.26 bits per heavy atom. The third kappa shape index (κ3) is 4.00. The largest absolute Gasteiger partial charge is 0.507 e. The molecule has 0 aliphatic rings. The van der Waals surface area contributed by atoms with Crippen LogP contribution in [-0.2, 0) is 0 Å². The summed E-state index contributed by atoms with van der Waals surface area (Å²) in [5, 5.41) is 17.8. The van der Waals surface area contributed by atoms with Gasteiger partial charge in [-0.3, -0.25) is 4.79 Å². The Hall–Kier alpha value is -3.10. The molecule has 0 saturated heterocycles. The monoisotopic (exact) mass is 264 g/mol. The van der Waals surface area contributed by atoms with Crippen LogP contribution >= 0.6 is 0 Å². The lowest BCUT2D eigenvalue weighted by Crippen LogP contribution is -2.05. The molecule has 0 atom stereocenters. The van der Waals surface area contributed by atoms with Gasteiger partial charge in [0, 0.05) is 0 Å². The van der Waals surface area contributed by atoms with Crippen molar-refractivity contribution in [1.82, 2.24) is 15.0 Å². The Bertz CT molecular complexity index is 519. The molecule has 9 heteroatoms. The fraction of sp³-hybridized carbons (Fsp3) is 0. The van der Waals surface area contributed by atoms with Gasteiger partial charge in [-0.15, -0.1) is 0 Å². The van der Waals surface area contributed by atoms with Crippen molar-refractivity contribution in [1.29, 1.82) is 0 Å². The first-order valence-electron chi connectivity index (χ1n) is 4.92. The molecule has 0 spiro atoms. The molecule has 0 amide bonds. The Morgan fingerprint density at radius 3 is 1.53 bits per heavy atom. The molecule has 0 fully saturated rings. The minimum atomic E-state index is -0.199. The second-order valence-electron chi connectivity index (χ2n) is 3.24. The molecule has 1 aromatic heterocycles. The van der Waals surface area contributed by atoms with Gasteiger partial charge in [-0.2, -0.15) is 15.0 Å². The van der Waals surface area contributed by atoms with Crippen molar-refractivity contribution < 1.29 is 15.0 Å². The number of nitrogen functional groups attached to an aromatic ring is 3. The molecule has 1 aromatic carbocycles. The zero-order chi connectivity index (χ0) is 14.4. The zero-order valence-corrected chi connectivity index (χ0v) is 9.69. The van der Waals surface area contributed by atoms with Gasteiger partial charge in [0.25, 0.3) is 0 Å². The van der Waals surface area contributed by atoms with E-state index in [0.717, 1.165) is 0 Å². The molecule has 2 rings (SSSR count). The molecular weight excluding hydrogens is 252 g/mol. The van der Waals surface area contributed by atoms with Crippen molar-refractivity contribution in [3.05, 3.63) is 23.8 Å². The Morgan fingerprint density at radius 1 is 0.895 bits per heavy atom.